The van der Waals surface area contributed by atoms with Gasteiger partial charge in [0.25, 0.3) is 5.91 Å². The van der Waals surface area contributed by atoms with E-state index in [2.05, 4.69) is 33.2 Å². The van der Waals surface area contributed by atoms with Crippen molar-refractivity contribution in [1.82, 2.24) is 10.6 Å². The lowest BCUT2D eigenvalue weighted by molar-refractivity contribution is 0.0954. The molecule has 1 aliphatic rings. The largest absolute Gasteiger partial charge is 0.351 e. The highest BCUT2D eigenvalue weighted by atomic mass is 127. The van der Waals surface area contributed by atoms with E-state index in [4.69, 9.17) is 0 Å². The van der Waals surface area contributed by atoms with Gasteiger partial charge >= 0.3 is 0 Å². The zero-order valence-corrected chi connectivity index (χ0v) is 11.2. The van der Waals surface area contributed by atoms with Crippen LogP contribution in [0, 0.1) is 2.88 Å². The minimum Gasteiger partial charge on any atom is -0.351 e. The van der Waals surface area contributed by atoms with E-state index < -0.39 is 0 Å². The van der Waals surface area contributed by atoms with Crippen molar-refractivity contribution in [2.75, 3.05) is 13.1 Å². The number of amides is 1. The Morgan fingerprint density at radius 3 is 2.93 bits per heavy atom. The maximum atomic E-state index is 11.6. The predicted molar refractivity (Wildman–Crippen MR) is 70.4 cm³/mol. The fraction of sp³-hybridized carbons (Fsp3) is 0.500. The highest BCUT2D eigenvalue weighted by Crippen LogP contribution is 2.18. The van der Waals surface area contributed by atoms with Crippen LogP contribution in [0.1, 0.15) is 23.2 Å². The molecule has 82 valence electrons. The van der Waals surface area contributed by atoms with Crippen molar-refractivity contribution in [2.45, 2.75) is 18.9 Å². The lowest BCUT2D eigenvalue weighted by atomic mass is 10.3. The number of carbonyl (C=O) groups excluding carboxylic acids is 1. The molecule has 2 N–H and O–H groups in total. The van der Waals surface area contributed by atoms with E-state index in [0.717, 1.165) is 15.0 Å². The molecule has 0 aromatic carbocycles. The first kappa shape index (κ1) is 11.3. The van der Waals surface area contributed by atoms with E-state index >= 15 is 0 Å². The molecule has 1 saturated carbocycles. The summed E-state index contributed by atoms with van der Waals surface area (Å²) in [6.07, 6.45) is 2.58. The standard InChI is InChI=1S/C10H13IN2OS/c11-9-5-7(6-15-9)10(14)13-4-3-12-8-1-2-8/h5-6,8,12H,1-4H2,(H,13,14). The molecular weight excluding hydrogens is 323 g/mol. The van der Waals surface area contributed by atoms with E-state index in [9.17, 15) is 4.79 Å². The van der Waals surface area contributed by atoms with Gasteiger partial charge in [0.05, 0.1) is 8.45 Å². The van der Waals surface area contributed by atoms with Gasteiger partial charge in [-0.15, -0.1) is 11.3 Å². The van der Waals surface area contributed by atoms with Gasteiger partial charge in [-0.1, -0.05) is 0 Å². The zero-order valence-electron chi connectivity index (χ0n) is 8.25. The van der Waals surface area contributed by atoms with Gasteiger partial charge in [0.15, 0.2) is 0 Å². The van der Waals surface area contributed by atoms with Crippen molar-refractivity contribution in [3.63, 3.8) is 0 Å². The lowest BCUT2D eigenvalue weighted by Crippen LogP contribution is -2.32. The molecule has 15 heavy (non-hydrogen) atoms. The first-order chi connectivity index (χ1) is 7.25. The summed E-state index contributed by atoms with van der Waals surface area (Å²) in [5.41, 5.74) is 0.774. The number of hydrogen-bond donors (Lipinski definition) is 2. The first-order valence-electron chi connectivity index (χ1n) is 5.01. The maximum Gasteiger partial charge on any atom is 0.252 e. The molecule has 0 radical (unpaired) electrons. The van der Waals surface area contributed by atoms with Crippen molar-refractivity contribution in [2.24, 2.45) is 0 Å². The Morgan fingerprint density at radius 2 is 2.33 bits per heavy atom. The average molecular weight is 336 g/mol. The van der Waals surface area contributed by atoms with Crippen molar-refractivity contribution in [3.05, 3.63) is 19.9 Å². The van der Waals surface area contributed by atoms with Crippen molar-refractivity contribution in [3.8, 4) is 0 Å². The number of thiophene rings is 1. The number of rotatable bonds is 5. The van der Waals surface area contributed by atoms with Crippen LogP contribution in [0.3, 0.4) is 0 Å². The molecule has 0 bridgehead atoms. The van der Waals surface area contributed by atoms with Crippen LogP contribution in [0.15, 0.2) is 11.4 Å². The van der Waals surface area contributed by atoms with Crippen molar-refractivity contribution >= 4 is 39.8 Å². The van der Waals surface area contributed by atoms with Crippen LogP contribution >= 0.6 is 33.9 Å². The van der Waals surface area contributed by atoms with Crippen LogP contribution in [0.2, 0.25) is 0 Å². The van der Waals surface area contributed by atoms with Gasteiger partial charge in [-0.05, 0) is 41.5 Å². The number of carbonyl (C=O) groups is 1. The Morgan fingerprint density at radius 1 is 1.53 bits per heavy atom. The molecule has 1 heterocycles. The van der Waals surface area contributed by atoms with Gasteiger partial charge in [0, 0.05) is 24.5 Å². The van der Waals surface area contributed by atoms with Gasteiger partial charge in [-0.3, -0.25) is 4.79 Å². The van der Waals surface area contributed by atoms with Gasteiger partial charge in [0.1, 0.15) is 0 Å². The fourth-order valence-corrected chi connectivity index (χ4v) is 2.60. The third-order valence-corrected chi connectivity index (χ3v) is 4.04. The van der Waals surface area contributed by atoms with E-state index in [1.165, 1.54) is 12.8 Å². The number of halogens is 1. The molecule has 5 heteroatoms. The van der Waals surface area contributed by atoms with Gasteiger partial charge in [0.2, 0.25) is 0 Å². The summed E-state index contributed by atoms with van der Waals surface area (Å²) in [5, 5.41) is 8.15. The summed E-state index contributed by atoms with van der Waals surface area (Å²) in [7, 11) is 0. The lowest BCUT2D eigenvalue weighted by Gasteiger charge is -2.04. The Balaban J connectivity index is 1.67. The third-order valence-electron chi connectivity index (χ3n) is 2.25. The molecule has 0 unspecified atom stereocenters. The molecule has 0 spiro atoms. The summed E-state index contributed by atoms with van der Waals surface area (Å²) in [6, 6.07) is 2.62. The van der Waals surface area contributed by atoms with Crippen LogP contribution in [-0.4, -0.2) is 25.0 Å². The molecule has 0 aliphatic heterocycles. The van der Waals surface area contributed by atoms with Crippen LogP contribution in [0.5, 0.6) is 0 Å². The molecule has 3 nitrogen and oxygen atoms in total. The number of hydrogen-bond acceptors (Lipinski definition) is 3. The van der Waals surface area contributed by atoms with E-state index in [-0.39, 0.29) is 5.91 Å². The Kier molecular flexibility index (Phi) is 3.99. The van der Waals surface area contributed by atoms with Crippen molar-refractivity contribution < 1.29 is 4.79 Å². The topological polar surface area (TPSA) is 41.1 Å². The fourth-order valence-electron chi connectivity index (χ4n) is 1.27. The Bertz CT molecular complexity index is 349. The number of nitrogens with one attached hydrogen (secondary N) is 2. The predicted octanol–water partition coefficient (Wildman–Crippen LogP) is 1.83. The van der Waals surface area contributed by atoms with Crippen LogP contribution in [0.4, 0.5) is 0 Å². The zero-order chi connectivity index (χ0) is 10.7. The quantitative estimate of drug-likeness (QED) is 0.636. The molecular formula is C10H13IN2OS. The minimum absolute atomic E-state index is 0.0340. The second-order valence-electron chi connectivity index (χ2n) is 3.62. The summed E-state index contributed by atoms with van der Waals surface area (Å²) in [6.45, 7) is 1.58. The SMILES string of the molecule is O=C(NCCNC1CC1)c1csc(I)c1. The molecule has 1 aromatic heterocycles. The summed E-state index contributed by atoms with van der Waals surface area (Å²) >= 11 is 3.82. The summed E-state index contributed by atoms with van der Waals surface area (Å²) in [5.74, 6) is 0.0340. The molecule has 0 saturated heterocycles. The molecule has 0 atom stereocenters. The van der Waals surface area contributed by atoms with E-state index in [0.29, 0.717) is 12.6 Å². The average Bonchev–Trinajstić information content (AvgIpc) is 2.94. The molecule has 1 aliphatic carbocycles. The molecule has 2 rings (SSSR count). The van der Waals surface area contributed by atoms with E-state index in [1.54, 1.807) is 11.3 Å². The van der Waals surface area contributed by atoms with E-state index in [1.807, 2.05) is 11.4 Å². The Hall–Kier alpha value is -0.140. The minimum atomic E-state index is 0.0340. The second-order valence-corrected chi connectivity index (χ2v) is 6.43. The highest BCUT2D eigenvalue weighted by molar-refractivity contribution is 14.1. The maximum absolute atomic E-state index is 11.6. The Labute approximate surface area is 107 Å². The summed E-state index contributed by atoms with van der Waals surface area (Å²) in [4.78, 5) is 11.6. The van der Waals surface area contributed by atoms with Gasteiger partial charge < -0.3 is 10.6 Å². The molecule has 1 fully saturated rings. The van der Waals surface area contributed by atoms with Crippen molar-refractivity contribution in [1.29, 1.82) is 0 Å². The monoisotopic (exact) mass is 336 g/mol. The third kappa shape index (κ3) is 3.73. The first-order valence-corrected chi connectivity index (χ1v) is 6.97. The van der Waals surface area contributed by atoms with Crippen LogP contribution in [-0.2, 0) is 0 Å². The van der Waals surface area contributed by atoms with Crippen LogP contribution in [0.25, 0.3) is 0 Å². The molecule has 1 amide bonds. The summed E-state index contributed by atoms with van der Waals surface area (Å²) < 4.78 is 1.15. The second kappa shape index (κ2) is 5.27. The normalized spacial score (nSPS) is 15.3. The molecule has 1 aromatic rings. The van der Waals surface area contributed by atoms with Crippen LogP contribution < -0.4 is 10.6 Å². The highest BCUT2D eigenvalue weighted by Gasteiger charge is 2.19. The van der Waals surface area contributed by atoms with Gasteiger partial charge in [-0.25, -0.2) is 0 Å². The smallest absolute Gasteiger partial charge is 0.252 e. The van der Waals surface area contributed by atoms with Gasteiger partial charge in [-0.2, -0.15) is 0 Å².